The van der Waals surface area contributed by atoms with E-state index in [-0.39, 0.29) is 6.10 Å². The Labute approximate surface area is 244 Å². The van der Waals surface area contributed by atoms with Crippen molar-refractivity contribution in [1.29, 1.82) is 0 Å². The lowest BCUT2D eigenvalue weighted by atomic mass is 10.0. The predicted octanol–water partition coefficient (Wildman–Crippen LogP) is 7.95. The van der Waals surface area contributed by atoms with Gasteiger partial charge >= 0.3 is 0 Å². The number of rotatable bonds is 10. The summed E-state index contributed by atoms with van der Waals surface area (Å²) < 4.78 is 8.26. The van der Waals surface area contributed by atoms with Crippen LogP contribution >= 0.6 is 0 Å². The van der Waals surface area contributed by atoms with E-state index in [0.717, 1.165) is 35.7 Å². The van der Waals surface area contributed by atoms with Gasteiger partial charge in [0.05, 0.1) is 6.10 Å². The van der Waals surface area contributed by atoms with Gasteiger partial charge in [-0.1, -0.05) is 91.0 Å². The van der Waals surface area contributed by atoms with Gasteiger partial charge in [0.15, 0.2) is 5.71 Å². The highest BCUT2D eigenvalue weighted by molar-refractivity contribution is 6.20. The number of benzene rings is 4. The Kier molecular flexibility index (Phi) is 8.95. The third kappa shape index (κ3) is 6.93. The molecule has 5 rings (SSSR count). The second kappa shape index (κ2) is 13.1. The molecule has 206 valence electrons. The summed E-state index contributed by atoms with van der Waals surface area (Å²) in [6.45, 7) is 9.40. The maximum atomic E-state index is 5.82. The number of aryl methyl sites for hydroxylation is 2. The molecule has 0 unspecified atom stereocenters. The van der Waals surface area contributed by atoms with E-state index in [1.54, 1.807) is 0 Å². The van der Waals surface area contributed by atoms with Crippen LogP contribution < -0.4 is 9.73 Å². The van der Waals surface area contributed by atoms with Gasteiger partial charge in [0.2, 0.25) is 5.69 Å². The molecule has 5 aromatic rings. The van der Waals surface area contributed by atoms with Gasteiger partial charge in [-0.3, -0.25) is 0 Å². The summed E-state index contributed by atoms with van der Waals surface area (Å²) in [5.74, 6) is 0.924. The maximum absolute atomic E-state index is 5.82. The molecule has 1 aromatic heterocycles. The molecule has 1 heterocycles. The molecule has 0 bridgehead atoms. The Balaban J connectivity index is 1.44. The zero-order chi connectivity index (χ0) is 28.6. The van der Waals surface area contributed by atoms with Crippen LogP contribution in [0, 0.1) is 6.92 Å². The number of allylic oxidation sites excluding steroid dienone is 3. The monoisotopic (exact) mass is 539 g/mol. The number of nitrogens with zero attached hydrogens (tertiary/aromatic N) is 1. The normalized spacial score (nSPS) is 12.5. The second-order valence-corrected chi connectivity index (χ2v) is 10.6. The van der Waals surface area contributed by atoms with Crippen molar-refractivity contribution in [2.45, 2.75) is 46.8 Å². The number of aromatic nitrogens is 1. The molecule has 0 saturated carbocycles. The molecule has 0 aliphatic carbocycles. The lowest BCUT2D eigenvalue weighted by Crippen LogP contribution is -2.65. The molecular weight excluding hydrogens is 500 g/mol. The largest absolute Gasteiger partial charge is 0.491 e. The van der Waals surface area contributed by atoms with E-state index in [0.29, 0.717) is 0 Å². The minimum Gasteiger partial charge on any atom is -0.491 e. The van der Waals surface area contributed by atoms with Gasteiger partial charge in [0.25, 0.3) is 0 Å². The molecule has 0 spiro atoms. The first-order valence-corrected chi connectivity index (χ1v) is 14.4. The van der Waals surface area contributed by atoms with E-state index in [1.165, 1.54) is 33.3 Å². The lowest BCUT2D eigenvalue weighted by Gasteiger charge is -2.11. The summed E-state index contributed by atoms with van der Waals surface area (Å²) >= 11 is 0. The second-order valence-electron chi connectivity index (χ2n) is 10.6. The lowest BCUT2D eigenvalue weighted by molar-refractivity contribution is -0.352. The number of para-hydroxylation sites is 2. The van der Waals surface area contributed by atoms with Gasteiger partial charge in [0, 0.05) is 53.3 Å². The van der Waals surface area contributed by atoms with Gasteiger partial charge in [0.1, 0.15) is 5.75 Å². The van der Waals surface area contributed by atoms with Crippen LogP contribution in [0.3, 0.4) is 0 Å². The minimum absolute atomic E-state index is 0.182. The summed E-state index contributed by atoms with van der Waals surface area (Å²) in [5.41, 5.74) is 9.65. The zero-order valence-corrected chi connectivity index (χ0v) is 24.5. The Bertz CT molecular complexity index is 1670. The van der Waals surface area contributed by atoms with E-state index >= 15 is 0 Å². The topological polar surface area (TPSA) is 28.1 Å². The van der Waals surface area contributed by atoms with Gasteiger partial charge in [-0.25, -0.2) is 4.99 Å². The van der Waals surface area contributed by atoms with E-state index in [4.69, 9.17) is 4.74 Å². The minimum atomic E-state index is 0.182. The van der Waals surface area contributed by atoms with Crippen molar-refractivity contribution in [3.05, 3.63) is 144 Å². The molecule has 41 heavy (non-hydrogen) atoms. The molecule has 0 aliphatic heterocycles. The van der Waals surface area contributed by atoms with Gasteiger partial charge < -0.3 is 9.30 Å². The summed E-state index contributed by atoms with van der Waals surface area (Å²) in [5, 5.41) is 1.28. The highest BCUT2D eigenvalue weighted by Crippen LogP contribution is 2.28. The molecular formula is C38H39N2O+. The fourth-order valence-corrected chi connectivity index (χ4v) is 5.31. The average molecular weight is 540 g/mol. The predicted molar refractivity (Wildman–Crippen MR) is 174 cm³/mol. The first kappa shape index (κ1) is 27.9. The molecule has 0 amide bonds. The van der Waals surface area contributed by atoms with Crippen LogP contribution in [-0.4, -0.2) is 16.4 Å². The maximum Gasteiger partial charge on any atom is 0.203 e. The van der Waals surface area contributed by atoms with Gasteiger partial charge in [-0.2, -0.15) is 0 Å². The Morgan fingerprint density at radius 3 is 2.20 bits per heavy atom. The van der Waals surface area contributed by atoms with Crippen LogP contribution in [0.1, 0.15) is 43.2 Å². The van der Waals surface area contributed by atoms with Crippen LogP contribution in [0.2, 0.25) is 0 Å². The molecule has 0 radical (unpaired) electrons. The highest BCUT2D eigenvalue weighted by atomic mass is 16.5. The zero-order valence-electron chi connectivity index (χ0n) is 24.5. The third-order valence-electron chi connectivity index (χ3n) is 7.32. The van der Waals surface area contributed by atoms with Gasteiger partial charge in [-0.15, -0.1) is 0 Å². The summed E-state index contributed by atoms with van der Waals surface area (Å²) in [7, 11) is 0. The van der Waals surface area contributed by atoms with Crippen LogP contribution in [0.15, 0.2) is 121 Å². The van der Waals surface area contributed by atoms with E-state index in [2.05, 4.69) is 159 Å². The number of hydrogen-bond donors (Lipinski definition) is 1. The standard InChI is InChI=1S/C38H38N2O/c1-28(2)41-34-24-22-31(23-25-34)26-27-40-30(4)36(37-18-11-12-21-38(37)40)20-13-19-35(32-14-7-5-8-15-32)29(3)39-33-16-9-6-10-17-33/h5-25,28H,26-27H2,1-4H3/p+1/b20-13+,35-19+,39-29?. The fraction of sp³-hybridized carbons (Fsp3) is 0.184. The Morgan fingerprint density at radius 2 is 1.49 bits per heavy atom. The molecule has 4 aromatic carbocycles. The molecule has 0 atom stereocenters. The molecule has 3 nitrogen and oxygen atoms in total. The van der Waals surface area contributed by atoms with E-state index < -0.39 is 0 Å². The van der Waals surface area contributed by atoms with Crippen molar-refractivity contribution in [1.82, 2.24) is 4.57 Å². The van der Waals surface area contributed by atoms with Crippen molar-refractivity contribution in [3.63, 3.8) is 0 Å². The first-order valence-electron chi connectivity index (χ1n) is 14.4. The van der Waals surface area contributed by atoms with Crippen molar-refractivity contribution in [2.75, 3.05) is 0 Å². The fourth-order valence-electron chi connectivity index (χ4n) is 5.31. The molecule has 0 aliphatic rings. The third-order valence-corrected chi connectivity index (χ3v) is 7.32. The Morgan fingerprint density at radius 1 is 0.829 bits per heavy atom. The smallest absolute Gasteiger partial charge is 0.203 e. The molecule has 1 N–H and O–H groups in total. The van der Waals surface area contributed by atoms with Crippen molar-refractivity contribution in [3.8, 4) is 5.75 Å². The number of nitrogens with one attached hydrogen (secondary N) is 1. The van der Waals surface area contributed by atoms with Crippen molar-refractivity contribution < 1.29 is 9.73 Å². The SMILES string of the molecule is CC(=[NH+]c1ccccc1)/C(=C\C=C\c1c(C)n(CCc2ccc(OC(C)C)cc2)c2ccccc12)c1ccccc1. The number of hydrogen-bond acceptors (Lipinski definition) is 1. The quantitative estimate of drug-likeness (QED) is 0.142. The van der Waals surface area contributed by atoms with Crippen molar-refractivity contribution in [2.24, 2.45) is 0 Å². The molecule has 3 heteroatoms. The van der Waals surface area contributed by atoms with Crippen LogP contribution in [0.5, 0.6) is 5.75 Å². The summed E-state index contributed by atoms with van der Waals surface area (Å²) in [4.78, 5) is 3.58. The highest BCUT2D eigenvalue weighted by Gasteiger charge is 2.13. The number of fused-ring (bicyclic) bond motifs is 1. The average Bonchev–Trinajstić information content (AvgIpc) is 3.25. The van der Waals surface area contributed by atoms with Crippen LogP contribution in [-0.2, 0) is 13.0 Å². The molecule has 0 fully saturated rings. The number of ether oxygens (including phenoxy) is 1. The van der Waals surface area contributed by atoms with Crippen LogP contribution in [0.4, 0.5) is 5.69 Å². The van der Waals surface area contributed by atoms with Crippen molar-refractivity contribution >= 4 is 34.0 Å². The molecule has 0 saturated heterocycles. The Hall–Kier alpha value is -4.63. The van der Waals surface area contributed by atoms with Crippen LogP contribution in [0.25, 0.3) is 22.6 Å². The van der Waals surface area contributed by atoms with E-state index in [9.17, 15) is 0 Å². The first-order chi connectivity index (χ1) is 20.0. The summed E-state index contributed by atoms with van der Waals surface area (Å²) in [6, 6.07) is 38.1. The van der Waals surface area contributed by atoms with E-state index in [1.807, 2.05) is 6.07 Å². The van der Waals surface area contributed by atoms with Gasteiger partial charge in [-0.05, 0) is 62.6 Å². The summed E-state index contributed by atoms with van der Waals surface area (Å²) in [6.07, 6.45) is 7.80.